The normalized spacial score (nSPS) is 12.9. The molecule has 1 aromatic rings. The van der Waals surface area contributed by atoms with Crippen LogP contribution in [-0.2, 0) is 6.54 Å². The first-order chi connectivity index (χ1) is 9.11. The molecule has 0 saturated heterocycles. The number of hydrogen-bond donors (Lipinski definition) is 1. The summed E-state index contributed by atoms with van der Waals surface area (Å²) in [4.78, 5) is 0. The molecule has 0 aromatic carbocycles. The van der Waals surface area contributed by atoms with Gasteiger partial charge in [-0.1, -0.05) is 13.8 Å². The molecule has 1 aromatic heterocycles. The number of rotatable bonds is 9. The molecule has 1 heterocycles. The molecule has 1 rings (SSSR count). The first-order valence-corrected chi connectivity index (χ1v) is 8.62. The van der Waals surface area contributed by atoms with E-state index < -0.39 is 0 Å². The summed E-state index contributed by atoms with van der Waals surface area (Å²) < 4.78 is 2.19. The molecule has 0 saturated carbocycles. The van der Waals surface area contributed by atoms with E-state index in [2.05, 4.69) is 44.6 Å². The summed E-state index contributed by atoms with van der Waals surface area (Å²) in [5.74, 6) is 2.44. The first-order valence-electron chi connectivity index (χ1n) is 7.46. The Hall–Kier alpha value is -0.480. The summed E-state index contributed by atoms with van der Waals surface area (Å²) in [6, 6.07) is 0.402. The molecule has 0 aliphatic heterocycles. The van der Waals surface area contributed by atoms with Crippen molar-refractivity contribution in [3.63, 3.8) is 0 Å². The van der Waals surface area contributed by atoms with E-state index in [1.165, 1.54) is 41.3 Å². The Morgan fingerprint density at radius 3 is 2.68 bits per heavy atom. The lowest BCUT2D eigenvalue weighted by atomic mass is 10.1. The fraction of sp³-hybridized carbons (Fsp3) is 0.800. The van der Waals surface area contributed by atoms with Crippen molar-refractivity contribution in [3.05, 3.63) is 17.0 Å². The monoisotopic (exact) mass is 283 g/mol. The molecule has 4 heteroatoms. The quantitative estimate of drug-likeness (QED) is 0.701. The van der Waals surface area contributed by atoms with Gasteiger partial charge in [0.25, 0.3) is 0 Å². The predicted molar refractivity (Wildman–Crippen MR) is 86.0 cm³/mol. The Balaban J connectivity index is 2.65. The van der Waals surface area contributed by atoms with Gasteiger partial charge in [-0.15, -0.1) is 0 Å². The SMILES string of the molecule is CCCNC(C)c1c(C)nn(CCCSCC)c1C. The molecular weight excluding hydrogens is 254 g/mol. The Morgan fingerprint density at radius 2 is 2.05 bits per heavy atom. The molecule has 0 aliphatic rings. The third-order valence-electron chi connectivity index (χ3n) is 3.43. The zero-order chi connectivity index (χ0) is 14.3. The number of nitrogens with one attached hydrogen (secondary N) is 1. The van der Waals surface area contributed by atoms with Crippen molar-refractivity contribution in [1.82, 2.24) is 15.1 Å². The minimum atomic E-state index is 0.402. The van der Waals surface area contributed by atoms with Crippen LogP contribution in [0.1, 0.15) is 56.6 Å². The van der Waals surface area contributed by atoms with Gasteiger partial charge in [-0.25, -0.2) is 0 Å². The van der Waals surface area contributed by atoms with Gasteiger partial charge in [-0.3, -0.25) is 4.68 Å². The first kappa shape index (κ1) is 16.6. The summed E-state index contributed by atoms with van der Waals surface area (Å²) in [5, 5.41) is 8.27. The van der Waals surface area contributed by atoms with Crippen LogP contribution < -0.4 is 5.32 Å². The van der Waals surface area contributed by atoms with Crippen LogP contribution in [0.2, 0.25) is 0 Å². The van der Waals surface area contributed by atoms with Gasteiger partial charge in [-0.2, -0.15) is 16.9 Å². The molecule has 0 fully saturated rings. The van der Waals surface area contributed by atoms with Crippen LogP contribution in [0.15, 0.2) is 0 Å². The maximum Gasteiger partial charge on any atom is 0.0644 e. The van der Waals surface area contributed by atoms with Crippen LogP contribution in [0.4, 0.5) is 0 Å². The number of nitrogens with zero attached hydrogens (tertiary/aromatic N) is 2. The highest BCUT2D eigenvalue weighted by atomic mass is 32.2. The number of aromatic nitrogens is 2. The maximum absolute atomic E-state index is 4.70. The van der Waals surface area contributed by atoms with Gasteiger partial charge in [0.05, 0.1) is 5.69 Å². The lowest BCUT2D eigenvalue weighted by Crippen LogP contribution is -2.20. The largest absolute Gasteiger partial charge is 0.310 e. The number of hydrogen-bond acceptors (Lipinski definition) is 3. The van der Waals surface area contributed by atoms with Crippen molar-refractivity contribution in [3.8, 4) is 0 Å². The van der Waals surface area contributed by atoms with Gasteiger partial charge >= 0.3 is 0 Å². The maximum atomic E-state index is 4.70. The summed E-state index contributed by atoms with van der Waals surface area (Å²) in [6.07, 6.45) is 2.38. The van der Waals surface area contributed by atoms with Crippen molar-refractivity contribution in [2.75, 3.05) is 18.1 Å². The van der Waals surface area contributed by atoms with Gasteiger partial charge in [0, 0.05) is 23.8 Å². The van der Waals surface area contributed by atoms with E-state index in [1.807, 2.05) is 11.8 Å². The van der Waals surface area contributed by atoms with Crippen molar-refractivity contribution >= 4 is 11.8 Å². The minimum absolute atomic E-state index is 0.402. The molecule has 1 N–H and O–H groups in total. The fourth-order valence-corrected chi connectivity index (χ4v) is 3.10. The molecule has 1 atom stereocenters. The summed E-state index contributed by atoms with van der Waals surface area (Å²) >= 11 is 2.01. The second-order valence-electron chi connectivity index (χ2n) is 5.03. The van der Waals surface area contributed by atoms with Crippen LogP contribution in [0.25, 0.3) is 0 Å². The van der Waals surface area contributed by atoms with Crippen LogP contribution in [0, 0.1) is 13.8 Å². The summed E-state index contributed by atoms with van der Waals surface area (Å²) in [5.41, 5.74) is 3.89. The molecule has 3 nitrogen and oxygen atoms in total. The minimum Gasteiger partial charge on any atom is -0.310 e. The Morgan fingerprint density at radius 1 is 1.32 bits per heavy atom. The smallest absolute Gasteiger partial charge is 0.0644 e. The summed E-state index contributed by atoms with van der Waals surface area (Å²) in [7, 11) is 0. The van der Waals surface area contributed by atoms with Crippen LogP contribution in [-0.4, -0.2) is 27.8 Å². The molecule has 0 radical (unpaired) electrons. The third kappa shape index (κ3) is 4.84. The molecule has 0 aliphatic carbocycles. The molecule has 0 spiro atoms. The van der Waals surface area contributed by atoms with Crippen LogP contribution in [0.5, 0.6) is 0 Å². The lowest BCUT2D eigenvalue weighted by Gasteiger charge is -2.14. The van der Waals surface area contributed by atoms with Crippen molar-refractivity contribution in [2.45, 2.75) is 60.0 Å². The van der Waals surface area contributed by atoms with E-state index in [-0.39, 0.29) is 0 Å². The second-order valence-corrected chi connectivity index (χ2v) is 6.43. The molecule has 110 valence electrons. The van der Waals surface area contributed by atoms with Crippen molar-refractivity contribution in [1.29, 1.82) is 0 Å². The molecule has 19 heavy (non-hydrogen) atoms. The second kappa shape index (κ2) is 8.64. The zero-order valence-electron chi connectivity index (χ0n) is 13.1. The lowest BCUT2D eigenvalue weighted by molar-refractivity contribution is 0.558. The topological polar surface area (TPSA) is 29.9 Å². The molecular formula is C15H29N3S. The van der Waals surface area contributed by atoms with Crippen molar-refractivity contribution < 1.29 is 0 Å². The Labute approximate surface area is 122 Å². The van der Waals surface area contributed by atoms with Gasteiger partial charge in [0.1, 0.15) is 0 Å². The molecule has 0 amide bonds. The van der Waals surface area contributed by atoms with Gasteiger partial charge < -0.3 is 5.32 Å². The molecule has 1 unspecified atom stereocenters. The fourth-order valence-electron chi connectivity index (χ4n) is 2.48. The highest BCUT2D eigenvalue weighted by Crippen LogP contribution is 2.21. The Bertz CT molecular complexity index is 374. The van der Waals surface area contributed by atoms with E-state index in [1.54, 1.807) is 0 Å². The predicted octanol–water partition coefficient (Wildman–Crippen LogP) is 3.70. The van der Waals surface area contributed by atoms with Gasteiger partial charge in [0.2, 0.25) is 0 Å². The molecule has 0 bridgehead atoms. The van der Waals surface area contributed by atoms with Crippen molar-refractivity contribution in [2.24, 2.45) is 0 Å². The average molecular weight is 283 g/mol. The number of thioether (sulfide) groups is 1. The van der Waals surface area contributed by atoms with E-state index in [0.717, 1.165) is 13.1 Å². The number of aryl methyl sites for hydroxylation is 2. The highest BCUT2D eigenvalue weighted by Gasteiger charge is 2.16. The standard InChI is InChI=1S/C15H29N3S/c1-6-9-16-12(3)15-13(4)17-18(14(15)5)10-8-11-19-7-2/h12,16H,6-11H2,1-5H3. The third-order valence-corrected chi connectivity index (χ3v) is 4.42. The van der Waals surface area contributed by atoms with Crippen LogP contribution in [0.3, 0.4) is 0 Å². The van der Waals surface area contributed by atoms with E-state index in [4.69, 9.17) is 5.10 Å². The highest BCUT2D eigenvalue weighted by molar-refractivity contribution is 7.99. The van der Waals surface area contributed by atoms with E-state index >= 15 is 0 Å². The van der Waals surface area contributed by atoms with E-state index in [0.29, 0.717) is 6.04 Å². The van der Waals surface area contributed by atoms with Gasteiger partial charge in [0.15, 0.2) is 0 Å². The summed E-state index contributed by atoms with van der Waals surface area (Å²) in [6.45, 7) is 13.1. The average Bonchev–Trinajstić information content (AvgIpc) is 2.67. The Kier molecular flexibility index (Phi) is 7.54. The van der Waals surface area contributed by atoms with Gasteiger partial charge in [-0.05, 0) is 51.7 Å². The van der Waals surface area contributed by atoms with E-state index in [9.17, 15) is 0 Å². The van der Waals surface area contributed by atoms with Crippen LogP contribution >= 0.6 is 11.8 Å². The zero-order valence-corrected chi connectivity index (χ0v) is 13.9.